The maximum Gasteiger partial charge on any atom is 0.0234 e. The average molecular weight is 274 g/mol. The minimum absolute atomic E-state index is 0.334. The molecule has 1 fully saturated rings. The van der Waals surface area contributed by atoms with Gasteiger partial charge in [-0.05, 0) is 36.7 Å². The van der Waals surface area contributed by atoms with E-state index in [0.29, 0.717) is 11.5 Å². The summed E-state index contributed by atoms with van der Waals surface area (Å²) in [7, 11) is 0. The molecule has 1 aliphatic heterocycles. The molecule has 1 aliphatic rings. The van der Waals surface area contributed by atoms with Crippen LogP contribution in [0.15, 0.2) is 24.3 Å². The number of hydrogen-bond donors (Lipinski definition) is 1. The van der Waals surface area contributed by atoms with E-state index in [1.165, 1.54) is 30.5 Å². The van der Waals surface area contributed by atoms with E-state index in [1.54, 1.807) is 0 Å². The van der Waals surface area contributed by atoms with Crippen molar-refractivity contribution in [2.45, 2.75) is 53.1 Å². The summed E-state index contributed by atoms with van der Waals surface area (Å²) in [4.78, 5) is 2.54. The number of rotatable bonds is 3. The van der Waals surface area contributed by atoms with Gasteiger partial charge in [0.2, 0.25) is 0 Å². The average Bonchev–Trinajstić information content (AvgIpc) is 2.25. The number of hydrogen-bond acceptors (Lipinski definition) is 2. The van der Waals surface area contributed by atoms with Crippen molar-refractivity contribution >= 4 is 0 Å². The van der Waals surface area contributed by atoms with Gasteiger partial charge >= 0.3 is 0 Å². The lowest BCUT2D eigenvalue weighted by Crippen LogP contribution is -2.47. The molecule has 1 aromatic rings. The summed E-state index contributed by atoms with van der Waals surface area (Å²) in [6.45, 7) is 12.4. The number of nitrogens with zero attached hydrogens (tertiary/aromatic N) is 1. The molecule has 0 bridgehead atoms. The maximum absolute atomic E-state index is 6.28. The lowest BCUT2D eigenvalue weighted by Gasteiger charge is -2.38. The maximum atomic E-state index is 6.28. The zero-order valence-corrected chi connectivity index (χ0v) is 13.5. The lowest BCUT2D eigenvalue weighted by molar-refractivity contribution is 0.121. The SMILES string of the molecule is Cc1cccc(CN2CC(N)CC(CC(C)(C)C)C2)c1. The summed E-state index contributed by atoms with van der Waals surface area (Å²) in [6.07, 6.45) is 2.45. The molecule has 0 saturated carbocycles. The molecule has 2 atom stereocenters. The van der Waals surface area contributed by atoms with Gasteiger partial charge in [-0.2, -0.15) is 0 Å². The second-order valence-corrected chi connectivity index (χ2v) is 7.81. The minimum atomic E-state index is 0.334. The molecule has 2 nitrogen and oxygen atoms in total. The van der Waals surface area contributed by atoms with Crippen LogP contribution < -0.4 is 5.73 Å². The Morgan fingerprint density at radius 2 is 2.00 bits per heavy atom. The van der Waals surface area contributed by atoms with Crippen LogP contribution in [-0.2, 0) is 6.54 Å². The first-order chi connectivity index (χ1) is 9.32. The van der Waals surface area contributed by atoms with E-state index in [-0.39, 0.29) is 0 Å². The van der Waals surface area contributed by atoms with Crippen LogP contribution in [0.1, 0.15) is 44.7 Å². The normalized spacial score (nSPS) is 24.9. The van der Waals surface area contributed by atoms with Gasteiger partial charge in [0.05, 0.1) is 0 Å². The largest absolute Gasteiger partial charge is 0.327 e. The highest BCUT2D eigenvalue weighted by atomic mass is 15.1. The Bertz CT molecular complexity index is 433. The molecule has 1 heterocycles. The van der Waals surface area contributed by atoms with E-state index in [9.17, 15) is 0 Å². The number of nitrogens with two attached hydrogens (primary N) is 1. The first kappa shape index (κ1) is 15.5. The second-order valence-electron chi connectivity index (χ2n) is 7.81. The molecule has 20 heavy (non-hydrogen) atoms. The van der Waals surface area contributed by atoms with Crippen LogP contribution in [-0.4, -0.2) is 24.0 Å². The van der Waals surface area contributed by atoms with Gasteiger partial charge in [0.25, 0.3) is 0 Å². The molecular formula is C18H30N2. The minimum Gasteiger partial charge on any atom is -0.327 e. The van der Waals surface area contributed by atoms with Crippen LogP contribution in [0.25, 0.3) is 0 Å². The van der Waals surface area contributed by atoms with Crippen molar-refractivity contribution in [2.75, 3.05) is 13.1 Å². The van der Waals surface area contributed by atoms with E-state index < -0.39 is 0 Å². The van der Waals surface area contributed by atoms with Gasteiger partial charge in [-0.1, -0.05) is 50.6 Å². The molecule has 0 amide bonds. The molecule has 1 saturated heterocycles. The third kappa shape index (κ3) is 4.92. The third-order valence-electron chi connectivity index (χ3n) is 4.03. The zero-order valence-electron chi connectivity index (χ0n) is 13.5. The molecule has 0 aromatic heterocycles. The monoisotopic (exact) mass is 274 g/mol. The highest BCUT2D eigenvalue weighted by Crippen LogP contribution is 2.30. The summed E-state index contributed by atoms with van der Waals surface area (Å²) >= 11 is 0. The Balaban J connectivity index is 1.97. The summed E-state index contributed by atoms with van der Waals surface area (Å²) in [6, 6.07) is 9.17. The summed E-state index contributed by atoms with van der Waals surface area (Å²) in [5, 5.41) is 0. The highest BCUT2D eigenvalue weighted by Gasteiger charge is 2.28. The molecule has 2 N–H and O–H groups in total. The molecular weight excluding hydrogens is 244 g/mol. The van der Waals surface area contributed by atoms with Gasteiger partial charge in [0.15, 0.2) is 0 Å². The van der Waals surface area contributed by atoms with Crippen LogP contribution in [0.5, 0.6) is 0 Å². The summed E-state index contributed by atoms with van der Waals surface area (Å²) in [5.74, 6) is 0.739. The molecule has 1 aromatic carbocycles. The Kier molecular flexibility index (Phi) is 4.87. The zero-order chi connectivity index (χ0) is 14.8. The van der Waals surface area contributed by atoms with E-state index >= 15 is 0 Å². The predicted molar refractivity (Wildman–Crippen MR) is 86.6 cm³/mol. The Morgan fingerprint density at radius 3 is 2.65 bits per heavy atom. The first-order valence-corrected chi connectivity index (χ1v) is 7.85. The van der Waals surface area contributed by atoms with Crippen molar-refractivity contribution in [1.29, 1.82) is 0 Å². The fourth-order valence-electron chi connectivity index (χ4n) is 3.56. The first-order valence-electron chi connectivity index (χ1n) is 7.85. The fraction of sp³-hybridized carbons (Fsp3) is 0.667. The topological polar surface area (TPSA) is 29.3 Å². The van der Waals surface area contributed by atoms with Crippen molar-refractivity contribution < 1.29 is 0 Å². The van der Waals surface area contributed by atoms with Crippen molar-refractivity contribution in [3.8, 4) is 0 Å². The van der Waals surface area contributed by atoms with Gasteiger partial charge in [-0.15, -0.1) is 0 Å². The Labute approximate surface area is 124 Å². The summed E-state index contributed by atoms with van der Waals surface area (Å²) < 4.78 is 0. The lowest BCUT2D eigenvalue weighted by atomic mass is 9.80. The van der Waals surface area contributed by atoms with E-state index in [1.807, 2.05) is 0 Å². The third-order valence-corrected chi connectivity index (χ3v) is 4.03. The fourth-order valence-corrected chi connectivity index (χ4v) is 3.56. The van der Waals surface area contributed by atoms with Crippen molar-refractivity contribution in [3.63, 3.8) is 0 Å². The van der Waals surface area contributed by atoms with Gasteiger partial charge in [0.1, 0.15) is 0 Å². The van der Waals surface area contributed by atoms with Crippen LogP contribution in [0.2, 0.25) is 0 Å². The quantitative estimate of drug-likeness (QED) is 0.913. The molecule has 2 unspecified atom stereocenters. The molecule has 0 aliphatic carbocycles. The second kappa shape index (κ2) is 6.28. The van der Waals surface area contributed by atoms with Crippen LogP contribution in [0.3, 0.4) is 0 Å². The Morgan fingerprint density at radius 1 is 1.25 bits per heavy atom. The van der Waals surface area contributed by atoms with Gasteiger partial charge in [-0.25, -0.2) is 0 Å². The van der Waals surface area contributed by atoms with Crippen LogP contribution in [0, 0.1) is 18.3 Å². The van der Waals surface area contributed by atoms with E-state index in [4.69, 9.17) is 5.73 Å². The molecule has 2 rings (SSSR count). The van der Waals surface area contributed by atoms with E-state index in [0.717, 1.165) is 19.0 Å². The van der Waals surface area contributed by atoms with Crippen LogP contribution >= 0.6 is 0 Å². The molecule has 112 valence electrons. The standard InChI is InChI=1S/C18H30N2/c1-14-6-5-7-15(8-14)11-20-12-16(9-17(19)13-20)10-18(2,3)4/h5-8,16-17H,9-13,19H2,1-4H3. The smallest absolute Gasteiger partial charge is 0.0234 e. The molecule has 2 heteroatoms. The highest BCUT2D eigenvalue weighted by molar-refractivity contribution is 5.22. The van der Waals surface area contributed by atoms with Crippen molar-refractivity contribution in [3.05, 3.63) is 35.4 Å². The summed E-state index contributed by atoms with van der Waals surface area (Å²) in [5.41, 5.74) is 9.43. The number of likely N-dealkylation sites (tertiary alicyclic amines) is 1. The van der Waals surface area contributed by atoms with Gasteiger partial charge in [-0.3, -0.25) is 4.90 Å². The van der Waals surface area contributed by atoms with Gasteiger partial charge in [0, 0.05) is 25.7 Å². The number of piperidine rings is 1. The van der Waals surface area contributed by atoms with Gasteiger partial charge < -0.3 is 5.73 Å². The predicted octanol–water partition coefficient (Wildman–Crippen LogP) is 3.58. The number of benzene rings is 1. The Hall–Kier alpha value is -0.860. The molecule has 0 spiro atoms. The number of aryl methyl sites for hydroxylation is 1. The van der Waals surface area contributed by atoms with Crippen molar-refractivity contribution in [2.24, 2.45) is 17.1 Å². The van der Waals surface area contributed by atoms with E-state index in [2.05, 4.69) is 56.9 Å². The van der Waals surface area contributed by atoms with Crippen molar-refractivity contribution in [1.82, 2.24) is 4.90 Å². The molecule has 0 radical (unpaired) electrons. The van der Waals surface area contributed by atoms with Crippen LogP contribution in [0.4, 0.5) is 0 Å².